The number of hydrogen-bond acceptors (Lipinski definition) is 2. The minimum Gasteiger partial charge on any atom is -0.135 e. The van der Waals surface area contributed by atoms with Crippen LogP contribution in [0, 0.1) is 0 Å². The summed E-state index contributed by atoms with van der Waals surface area (Å²) >= 11 is 3.80. The second-order valence-electron chi connectivity index (χ2n) is 11.3. The van der Waals surface area contributed by atoms with Crippen LogP contribution in [0.5, 0.6) is 0 Å². The van der Waals surface area contributed by atoms with Crippen molar-refractivity contribution >= 4 is 95.3 Å². The van der Waals surface area contributed by atoms with Crippen molar-refractivity contribution in [1.29, 1.82) is 0 Å². The van der Waals surface area contributed by atoms with Gasteiger partial charge in [-0.3, -0.25) is 0 Å². The van der Waals surface area contributed by atoms with Crippen LogP contribution in [0.2, 0.25) is 0 Å². The van der Waals surface area contributed by atoms with E-state index in [4.69, 9.17) is 0 Å². The summed E-state index contributed by atoms with van der Waals surface area (Å²) in [6, 6.07) is 49.9. The van der Waals surface area contributed by atoms with Crippen LogP contribution in [-0.2, 0) is 0 Å². The van der Waals surface area contributed by atoms with Crippen LogP contribution in [0.25, 0.3) is 94.9 Å². The van der Waals surface area contributed by atoms with Crippen molar-refractivity contribution in [2.24, 2.45) is 0 Å². The van der Waals surface area contributed by atoms with Gasteiger partial charge in [0.1, 0.15) is 0 Å². The van der Waals surface area contributed by atoms with Crippen LogP contribution in [0.4, 0.5) is 0 Å². The Bertz CT molecular complexity index is 2430. The van der Waals surface area contributed by atoms with Gasteiger partial charge in [0, 0.05) is 40.3 Å². The molecule has 2 heteroatoms. The Kier molecular flexibility index (Phi) is 4.57. The molecule has 0 aliphatic rings. The Morgan fingerprint density at radius 1 is 0.333 bits per heavy atom. The molecular formula is C40H22S2. The average Bonchev–Trinajstić information content (AvgIpc) is 3.62. The van der Waals surface area contributed by atoms with Gasteiger partial charge in [-0.05, 0) is 91.0 Å². The van der Waals surface area contributed by atoms with Crippen molar-refractivity contribution in [1.82, 2.24) is 0 Å². The Morgan fingerprint density at radius 2 is 0.714 bits per heavy atom. The predicted octanol–water partition coefficient (Wildman–Crippen LogP) is 12.7. The molecule has 42 heavy (non-hydrogen) atoms. The summed E-state index contributed by atoms with van der Waals surface area (Å²) in [5.41, 5.74) is 5.21. The first-order valence-corrected chi connectivity index (χ1v) is 16.0. The zero-order chi connectivity index (χ0) is 27.4. The quantitative estimate of drug-likeness (QED) is 0.183. The third kappa shape index (κ3) is 3.11. The molecule has 0 N–H and O–H groups in total. The second kappa shape index (κ2) is 8.39. The molecule has 0 aliphatic carbocycles. The molecule has 0 nitrogen and oxygen atoms in total. The largest absolute Gasteiger partial charge is 0.135 e. The number of rotatable bonds is 2. The van der Waals surface area contributed by atoms with E-state index < -0.39 is 0 Å². The number of benzene rings is 8. The highest BCUT2D eigenvalue weighted by molar-refractivity contribution is 7.26. The van der Waals surface area contributed by atoms with Gasteiger partial charge in [-0.2, -0.15) is 0 Å². The van der Waals surface area contributed by atoms with Crippen molar-refractivity contribution in [3.05, 3.63) is 133 Å². The summed E-state index contributed by atoms with van der Waals surface area (Å²) in [6.07, 6.45) is 0. The maximum atomic E-state index is 2.40. The summed E-state index contributed by atoms with van der Waals surface area (Å²) in [4.78, 5) is 0. The highest BCUT2D eigenvalue weighted by Gasteiger charge is 2.16. The lowest BCUT2D eigenvalue weighted by Crippen LogP contribution is -1.88. The lowest BCUT2D eigenvalue weighted by atomic mass is 9.89. The molecule has 8 aromatic carbocycles. The molecule has 0 atom stereocenters. The number of fused-ring (bicyclic) bond motifs is 6. The molecule has 2 aromatic heterocycles. The highest BCUT2D eigenvalue weighted by Crippen LogP contribution is 2.45. The molecule has 10 aromatic rings. The summed E-state index contributed by atoms with van der Waals surface area (Å²) in [5.74, 6) is 0. The highest BCUT2D eigenvalue weighted by atomic mass is 32.1. The van der Waals surface area contributed by atoms with E-state index in [0.717, 1.165) is 0 Å². The van der Waals surface area contributed by atoms with Crippen molar-refractivity contribution in [2.75, 3.05) is 0 Å². The fourth-order valence-corrected chi connectivity index (χ4v) is 9.57. The SMILES string of the molecule is c1ccc2c(c1)sc1c(-c3cc4ccc5cc(-c6cccc7c6sc6ccccc67)cc6ccc(c3)c4c56)cccc12. The Hall–Kier alpha value is -4.76. The number of thiophene rings is 2. The third-order valence-electron chi connectivity index (χ3n) is 8.96. The van der Waals surface area contributed by atoms with E-state index in [-0.39, 0.29) is 0 Å². The van der Waals surface area contributed by atoms with Gasteiger partial charge in [0.15, 0.2) is 0 Å². The first-order chi connectivity index (χ1) is 20.8. The Morgan fingerprint density at radius 3 is 1.14 bits per heavy atom. The molecule has 0 saturated carbocycles. The van der Waals surface area contributed by atoms with Gasteiger partial charge in [0.05, 0.1) is 0 Å². The van der Waals surface area contributed by atoms with Crippen LogP contribution in [0.3, 0.4) is 0 Å². The second-order valence-corrected chi connectivity index (χ2v) is 13.4. The first kappa shape index (κ1) is 22.9. The van der Waals surface area contributed by atoms with E-state index in [1.54, 1.807) is 0 Å². The standard InChI is InChI=1S/C40H22S2/c1-3-13-35-31(7-1)33-11-5-9-29(39(33)41-35)27-19-23-15-17-25-21-28(22-26-18-16-24(20-27)37(23)38(25)26)30-10-6-12-34-32-8-2-4-14-36(32)42-40(30)34/h1-22H. The van der Waals surface area contributed by atoms with E-state index in [9.17, 15) is 0 Å². The fraction of sp³-hybridized carbons (Fsp3) is 0. The fourth-order valence-electron chi connectivity index (χ4n) is 7.10. The van der Waals surface area contributed by atoms with E-state index >= 15 is 0 Å². The average molecular weight is 567 g/mol. The van der Waals surface area contributed by atoms with Crippen molar-refractivity contribution in [2.45, 2.75) is 0 Å². The number of hydrogen-bond donors (Lipinski definition) is 0. The summed E-state index contributed by atoms with van der Waals surface area (Å²) < 4.78 is 5.43. The van der Waals surface area contributed by atoms with E-state index in [1.807, 2.05) is 22.7 Å². The van der Waals surface area contributed by atoms with Crippen LogP contribution < -0.4 is 0 Å². The summed E-state index contributed by atoms with van der Waals surface area (Å²) in [6.45, 7) is 0. The molecular weight excluding hydrogens is 545 g/mol. The maximum absolute atomic E-state index is 2.40. The zero-order valence-corrected chi connectivity index (χ0v) is 24.2. The minimum absolute atomic E-state index is 1.29. The molecule has 0 amide bonds. The van der Waals surface area contributed by atoms with E-state index in [1.165, 1.54) is 94.9 Å². The van der Waals surface area contributed by atoms with Crippen molar-refractivity contribution < 1.29 is 0 Å². The lowest BCUT2D eigenvalue weighted by molar-refractivity contribution is 1.72. The smallest absolute Gasteiger partial charge is 0.0433 e. The molecule has 0 spiro atoms. The first-order valence-electron chi connectivity index (χ1n) is 14.3. The lowest BCUT2D eigenvalue weighted by Gasteiger charge is -2.15. The Labute approximate surface area is 250 Å². The van der Waals surface area contributed by atoms with Gasteiger partial charge in [-0.15, -0.1) is 22.7 Å². The van der Waals surface area contributed by atoms with Crippen LogP contribution >= 0.6 is 22.7 Å². The van der Waals surface area contributed by atoms with Gasteiger partial charge in [-0.25, -0.2) is 0 Å². The van der Waals surface area contributed by atoms with Gasteiger partial charge in [0.2, 0.25) is 0 Å². The molecule has 2 heterocycles. The topological polar surface area (TPSA) is 0 Å². The van der Waals surface area contributed by atoms with Crippen molar-refractivity contribution in [3.8, 4) is 22.3 Å². The molecule has 0 aliphatic heterocycles. The van der Waals surface area contributed by atoms with Crippen LogP contribution in [0.1, 0.15) is 0 Å². The minimum atomic E-state index is 1.29. The van der Waals surface area contributed by atoms with Gasteiger partial charge < -0.3 is 0 Å². The van der Waals surface area contributed by atoms with Crippen LogP contribution in [-0.4, -0.2) is 0 Å². The zero-order valence-electron chi connectivity index (χ0n) is 22.5. The Balaban J connectivity index is 1.19. The van der Waals surface area contributed by atoms with Gasteiger partial charge >= 0.3 is 0 Å². The van der Waals surface area contributed by atoms with E-state index in [0.29, 0.717) is 0 Å². The maximum Gasteiger partial charge on any atom is 0.0433 e. The molecule has 10 rings (SSSR count). The molecule has 0 radical (unpaired) electrons. The molecule has 0 bridgehead atoms. The molecule has 0 fully saturated rings. The van der Waals surface area contributed by atoms with Gasteiger partial charge in [0.25, 0.3) is 0 Å². The van der Waals surface area contributed by atoms with E-state index in [2.05, 4.69) is 133 Å². The molecule has 0 saturated heterocycles. The predicted molar refractivity (Wildman–Crippen MR) is 187 cm³/mol. The third-order valence-corrected chi connectivity index (χ3v) is 11.4. The van der Waals surface area contributed by atoms with Crippen molar-refractivity contribution in [3.63, 3.8) is 0 Å². The molecule has 0 unspecified atom stereocenters. The van der Waals surface area contributed by atoms with Crippen LogP contribution in [0.15, 0.2) is 133 Å². The normalized spacial score (nSPS) is 12.3. The summed E-state index contributed by atoms with van der Waals surface area (Å²) in [7, 11) is 0. The summed E-state index contributed by atoms with van der Waals surface area (Å²) in [5, 5.41) is 13.3. The van der Waals surface area contributed by atoms with Gasteiger partial charge in [-0.1, -0.05) is 97.1 Å². The molecule has 194 valence electrons. The monoisotopic (exact) mass is 566 g/mol.